The van der Waals surface area contributed by atoms with E-state index in [2.05, 4.69) is 12.2 Å². The van der Waals surface area contributed by atoms with Crippen LogP contribution in [0.15, 0.2) is 30.4 Å². The average molecular weight is 307 g/mol. The lowest BCUT2D eigenvalue weighted by Crippen LogP contribution is -2.42. The molecular formula is C17H19F2NO2. The molecule has 0 spiro atoms. The molecule has 1 saturated heterocycles. The van der Waals surface area contributed by atoms with Crippen LogP contribution in [0, 0.1) is 17.6 Å². The van der Waals surface area contributed by atoms with Crippen molar-refractivity contribution in [2.75, 3.05) is 19.7 Å². The van der Waals surface area contributed by atoms with E-state index in [4.69, 9.17) is 4.74 Å². The molecule has 1 aliphatic carbocycles. The zero-order valence-corrected chi connectivity index (χ0v) is 12.3. The lowest BCUT2D eigenvalue weighted by Gasteiger charge is -2.33. The minimum atomic E-state index is -0.888. The van der Waals surface area contributed by atoms with Gasteiger partial charge in [-0.1, -0.05) is 18.2 Å². The third kappa shape index (κ3) is 3.35. The minimum Gasteiger partial charge on any atom is -0.370 e. The van der Waals surface area contributed by atoms with Gasteiger partial charge in [0.25, 0.3) is 0 Å². The third-order valence-corrected chi connectivity index (χ3v) is 4.28. The lowest BCUT2D eigenvalue weighted by molar-refractivity contribution is -0.139. The summed E-state index contributed by atoms with van der Waals surface area (Å²) >= 11 is 0. The fourth-order valence-corrected chi connectivity index (χ4v) is 3.01. The first-order valence-electron chi connectivity index (χ1n) is 7.64. The van der Waals surface area contributed by atoms with Gasteiger partial charge in [-0.05, 0) is 36.5 Å². The Morgan fingerprint density at radius 1 is 1.32 bits per heavy atom. The quantitative estimate of drug-likeness (QED) is 0.803. The summed E-state index contributed by atoms with van der Waals surface area (Å²) < 4.78 is 32.0. The van der Waals surface area contributed by atoms with E-state index >= 15 is 0 Å². The number of carbonyl (C=O) groups is 1. The highest BCUT2D eigenvalue weighted by molar-refractivity contribution is 5.77. The second-order valence-electron chi connectivity index (χ2n) is 5.84. The molecule has 2 aliphatic rings. The predicted octanol–water partition coefficient (Wildman–Crippen LogP) is 3.22. The first kappa shape index (κ1) is 15.2. The molecule has 1 heterocycles. The molecule has 1 aromatic carbocycles. The van der Waals surface area contributed by atoms with Gasteiger partial charge in [-0.2, -0.15) is 0 Å². The summed E-state index contributed by atoms with van der Waals surface area (Å²) in [4.78, 5) is 14.1. The van der Waals surface area contributed by atoms with Crippen molar-refractivity contribution >= 4 is 5.91 Å². The number of halogens is 2. The van der Waals surface area contributed by atoms with Crippen molar-refractivity contribution in [2.24, 2.45) is 5.92 Å². The molecule has 5 heteroatoms. The SMILES string of the molecule is O=C(C[C@H]1C=CCC1)N1CCO[C@@H](c2ccc(F)c(F)c2)C1. The lowest BCUT2D eigenvalue weighted by atomic mass is 10.0. The van der Waals surface area contributed by atoms with Crippen LogP contribution in [0.1, 0.15) is 30.9 Å². The van der Waals surface area contributed by atoms with E-state index in [9.17, 15) is 13.6 Å². The zero-order chi connectivity index (χ0) is 15.5. The van der Waals surface area contributed by atoms with E-state index in [1.165, 1.54) is 6.07 Å². The Kier molecular flexibility index (Phi) is 4.52. The molecule has 2 atom stereocenters. The first-order chi connectivity index (χ1) is 10.6. The topological polar surface area (TPSA) is 29.5 Å². The van der Waals surface area contributed by atoms with Crippen molar-refractivity contribution in [2.45, 2.75) is 25.4 Å². The Balaban J connectivity index is 1.64. The molecule has 0 radical (unpaired) electrons. The average Bonchev–Trinajstić information content (AvgIpc) is 3.03. The maximum absolute atomic E-state index is 13.3. The van der Waals surface area contributed by atoms with Crippen LogP contribution < -0.4 is 0 Å². The maximum atomic E-state index is 13.3. The number of benzene rings is 1. The molecule has 22 heavy (non-hydrogen) atoms. The minimum absolute atomic E-state index is 0.104. The van der Waals surface area contributed by atoms with Gasteiger partial charge in [-0.25, -0.2) is 8.78 Å². The second-order valence-corrected chi connectivity index (χ2v) is 5.84. The van der Waals surface area contributed by atoms with E-state index < -0.39 is 17.7 Å². The zero-order valence-electron chi connectivity index (χ0n) is 12.3. The fourth-order valence-electron chi connectivity index (χ4n) is 3.01. The van der Waals surface area contributed by atoms with E-state index in [0.29, 0.717) is 37.6 Å². The van der Waals surface area contributed by atoms with Crippen molar-refractivity contribution in [1.82, 2.24) is 4.90 Å². The van der Waals surface area contributed by atoms with Crippen molar-refractivity contribution in [1.29, 1.82) is 0 Å². The summed E-state index contributed by atoms with van der Waals surface area (Å²) in [7, 11) is 0. The van der Waals surface area contributed by atoms with Crippen molar-refractivity contribution in [3.05, 3.63) is 47.5 Å². The Morgan fingerprint density at radius 3 is 2.91 bits per heavy atom. The summed E-state index contributed by atoms with van der Waals surface area (Å²) in [6.45, 7) is 1.35. The highest BCUT2D eigenvalue weighted by Gasteiger charge is 2.27. The van der Waals surface area contributed by atoms with E-state index in [1.54, 1.807) is 4.90 Å². The smallest absolute Gasteiger partial charge is 0.223 e. The van der Waals surface area contributed by atoms with Gasteiger partial charge >= 0.3 is 0 Å². The molecule has 1 aliphatic heterocycles. The predicted molar refractivity (Wildman–Crippen MR) is 78.1 cm³/mol. The number of nitrogens with zero attached hydrogens (tertiary/aromatic N) is 1. The summed E-state index contributed by atoms with van der Waals surface area (Å²) in [5, 5.41) is 0. The Bertz CT molecular complexity index is 588. The summed E-state index contributed by atoms with van der Waals surface area (Å²) in [5.74, 6) is -1.33. The van der Waals surface area contributed by atoms with Gasteiger partial charge in [0, 0.05) is 13.0 Å². The first-order valence-corrected chi connectivity index (χ1v) is 7.64. The van der Waals surface area contributed by atoms with Crippen molar-refractivity contribution in [3.63, 3.8) is 0 Å². The van der Waals surface area contributed by atoms with Gasteiger partial charge in [0.1, 0.15) is 6.10 Å². The molecule has 0 N–H and O–H groups in total. The number of hydrogen-bond acceptors (Lipinski definition) is 2. The summed E-state index contributed by atoms with van der Waals surface area (Å²) in [6, 6.07) is 3.75. The van der Waals surface area contributed by atoms with Crippen LogP contribution in [0.2, 0.25) is 0 Å². The van der Waals surface area contributed by atoms with E-state index in [1.807, 2.05) is 0 Å². The van der Waals surface area contributed by atoms with Crippen LogP contribution in [0.25, 0.3) is 0 Å². The number of ether oxygens (including phenoxy) is 1. The fraction of sp³-hybridized carbons (Fsp3) is 0.471. The molecule has 1 fully saturated rings. The van der Waals surface area contributed by atoms with Crippen LogP contribution in [0.3, 0.4) is 0 Å². The molecule has 1 amide bonds. The number of allylic oxidation sites excluding steroid dienone is 2. The van der Waals surface area contributed by atoms with Gasteiger partial charge in [0.05, 0.1) is 13.2 Å². The number of morpholine rings is 1. The molecule has 0 unspecified atom stereocenters. The Labute approximate surface area is 128 Å². The number of carbonyl (C=O) groups excluding carboxylic acids is 1. The molecule has 0 saturated carbocycles. The van der Waals surface area contributed by atoms with Gasteiger partial charge in [0.2, 0.25) is 5.91 Å². The van der Waals surface area contributed by atoms with Crippen LogP contribution >= 0.6 is 0 Å². The van der Waals surface area contributed by atoms with Gasteiger partial charge in [-0.15, -0.1) is 0 Å². The van der Waals surface area contributed by atoms with Crippen molar-refractivity contribution in [3.8, 4) is 0 Å². The molecule has 0 aromatic heterocycles. The molecule has 3 nitrogen and oxygen atoms in total. The Hall–Kier alpha value is -1.75. The van der Waals surface area contributed by atoms with Crippen LogP contribution in [-0.4, -0.2) is 30.5 Å². The number of amides is 1. The van der Waals surface area contributed by atoms with Gasteiger partial charge < -0.3 is 9.64 Å². The van der Waals surface area contributed by atoms with E-state index in [0.717, 1.165) is 25.0 Å². The molecular weight excluding hydrogens is 288 g/mol. The number of rotatable bonds is 3. The second kappa shape index (κ2) is 6.57. The maximum Gasteiger partial charge on any atom is 0.223 e. The molecule has 118 valence electrons. The largest absolute Gasteiger partial charge is 0.370 e. The van der Waals surface area contributed by atoms with Crippen LogP contribution in [0.4, 0.5) is 8.78 Å². The third-order valence-electron chi connectivity index (χ3n) is 4.28. The summed E-state index contributed by atoms with van der Waals surface area (Å²) in [6.07, 6.45) is 6.40. The van der Waals surface area contributed by atoms with Gasteiger partial charge in [0.15, 0.2) is 11.6 Å². The Morgan fingerprint density at radius 2 is 2.18 bits per heavy atom. The highest BCUT2D eigenvalue weighted by atomic mass is 19.2. The van der Waals surface area contributed by atoms with Crippen LogP contribution in [0.5, 0.6) is 0 Å². The van der Waals surface area contributed by atoms with Gasteiger partial charge in [-0.3, -0.25) is 4.79 Å². The standard InChI is InChI=1S/C17H19F2NO2/c18-14-6-5-13(10-15(14)19)16-11-20(7-8-22-16)17(21)9-12-3-1-2-4-12/h1,3,5-6,10,12,16H,2,4,7-9,11H2/t12-,16+/m0/s1. The van der Waals surface area contributed by atoms with E-state index in [-0.39, 0.29) is 5.91 Å². The normalized spacial score (nSPS) is 24.7. The molecule has 3 rings (SSSR count). The molecule has 1 aromatic rings. The molecule has 0 bridgehead atoms. The van der Waals surface area contributed by atoms with Crippen LogP contribution in [-0.2, 0) is 9.53 Å². The summed E-state index contributed by atoms with van der Waals surface area (Å²) in [5.41, 5.74) is 0.567. The number of hydrogen-bond donors (Lipinski definition) is 0. The monoisotopic (exact) mass is 307 g/mol. The highest BCUT2D eigenvalue weighted by Crippen LogP contribution is 2.26. The van der Waals surface area contributed by atoms with Crippen molar-refractivity contribution < 1.29 is 18.3 Å².